The van der Waals surface area contributed by atoms with Crippen molar-refractivity contribution in [3.8, 4) is 0 Å². The predicted molar refractivity (Wildman–Crippen MR) is 83.0 cm³/mol. The molecule has 0 heterocycles. The zero-order valence-electron chi connectivity index (χ0n) is 12.8. The summed E-state index contributed by atoms with van der Waals surface area (Å²) >= 11 is 0. The molecule has 0 aliphatic heterocycles. The minimum absolute atomic E-state index is 0. The molecule has 0 amide bonds. The van der Waals surface area contributed by atoms with E-state index >= 15 is 0 Å². The number of rotatable bonds is 1. The van der Waals surface area contributed by atoms with Gasteiger partial charge in [-0.1, -0.05) is 57.2 Å². The monoisotopic (exact) mass is 322 g/mol. The molecular formula is C19H22FeO. The van der Waals surface area contributed by atoms with Crippen LogP contribution in [0.15, 0.2) is 78.1 Å². The molecule has 21 heavy (non-hydrogen) atoms. The van der Waals surface area contributed by atoms with Crippen LogP contribution in [0.25, 0.3) is 0 Å². The summed E-state index contributed by atoms with van der Waals surface area (Å²) in [7, 11) is 0. The van der Waals surface area contributed by atoms with Gasteiger partial charge in [0.15, 0.2) is 0 Å². The maximum absolute atomic E-state index is 12.4. The molecule has 0 fully saturated rings. The third kappa shape index (κ3) is 3.64. The Labute approximate surface area is 138 Å². The molecule has 2 aliphatic carbocycles. The summed E-state index contributed by atoms with van der Waals surface area (Å²) in [4.78, 5) is 0. The van der Waals surface area contributed by atoms with Crippen LogP contribution >= 0.6 is 0 Å². The first kappa shape index (κ1) is 17.7. The Balaban J connectivity index is 0.000000313. The molecule has 0 N–H and O–H groups in total. The van der Waals surface area contributed by atoms with E-state index < -0.39 is 0 Å². The van der Waals surface area contributed by atoms with E-state index in [4.69, 9.17) is 0 Å². The van der Waals surface area contributed by atoms with E-state index in [1.54, 1.807) is 0 Å². The Morgan fingerprint density at radius 1 is 1.10 bits per heavy atom. The maximum atomic E-state index is 12.4. The average molecular weight is 322 g/mol. The molecule has 0 aromatic heterocycles. The Hall–Kier alpha value is -1.37. The third-order valence-corrected chi connectivity index (χ3v) is 4.46. The standard InChI is InChI=1S/C14H18O.C5H5.Fe/c1-13(2)9-6-10-14(13,3)12(15)11-7-4-5-8-11;1-2-4-5-3-1;/h4-9,15H,10H2,1-3H3;1-5H;/q;-1;+2/p-1. The average Bonchev–Trinajstić information content (AvgIpc) is 3.13. The minimum Gasteiger partial charge on any atom is -0.875 e. The van der Waals surface area contributed by atoms with Gasteiger partial charge in [0.1, 0.15) is 0 Å². The second kappa shape index (κ2) is 7.06. The fraction of sp³-hybridized carbons (Fsp3) is 0.316. The summed E-state index contributed by atoms with van der Waals surface area (Å²) in [6.45, 7) is 6.34. The van der Waals surface area contributed by atoms with Gasteiger partial charge in [-0.2, -0.15) is 18.2 Å². The van der Waals surface area contributed by atoms with Crippen molar-refractivity contribution < 1.29 is 22.2 Å². The number of hydrogen-bond donors (Lipinski definition) is 0. The van der Waals surface area contributed by atoms with Gasteiger partial charge >= 0.3 is 17.1 Å². The first-order chi connectivity index (χ1) is 9.47. The normalized spacial score (nSPS) is 24.4. The van der Waals surface area contributed by atoms with Gasteiger partial charge in [-0.05, 0) is 22.8 Å². The van der Waals surface area contributed by atoms with Crippen LogP contribution < -0.4 is 5.11 Å². The first-order valence-electron chi connectivity index (χ1n) is 7.08. The van der Waals surface area contributed by atoms with Crippen molar-refractivity contribution in [1.82, 2.24) is 0 Å². The molecule has 2 aliphatic rings. The SMILES string of the molecule is CC1(C)C=CCC1(C)C([O-])=C1C=CC=C1.[Fe+2].c1cc[cH-]c1. The largest absolute Gasteiger partial charge is 2.00 e. The molecule has 0 bridgehead atoms. The first-order valence-corrected chi connectivity index (χ1v) is 7.08. The fourth-order valence-electron chi connectivity index (χ4n) is 2.59. The van der Waals surface area contributed by atoms with Crippen molar-refractivity contribution in [1.29, 1.82) is 0 Å². The second-order valence-corrected chi connectivity index (χ2v) is 6.13. The van der Waals surface area contributed by atoms with Crippen LogP contribution in [-0.4, -0.2) is 0 Å². The quantitative estimate of drug-likeness (QED) is 0.330. The summed E-state index contributed by atoms with van der Waals surface area (Å²) in [5, 5.41) is 12.4. The molecule has 1 nitrogen and oxygen atoms in total. The van der Waals surface area contributed by atoms with Crippen LogP contribution in [0.2, 0.25) is 0 Å². The Morgan fingerprint density at radius 2 is 1.67 bits per heavy atom. The van der Waals surface area contributed by atoms with Gasteiger partial charge in [-0.3, -0.25) is 0 Å². The molecule has 3 rings (SSSR count). The molecule has 2 heteroatoms. The number of hydrogen-bond acceptors (Lipinski definition) is 1. The van der Waals surface area contributed by atoms with Crippen molar-refractivity contribution in [2.45, 2.75) is 27.2 Å². The van der Waals surface area contributed by atoms with E-state index in [0.29, 0.717) is 0 Å². The third-order valence-electron chi connectivity index (χ3n) is 4.46. The fourth-order valence-corrected chi connectivity index (χ4v) is 2.59. The van der Waals surface area contributed by atoms with Crippen LogP contribution in [-0.2, 0) is 17.1 Å². The van der Waals surface area contributed by atoms with E-state index in [1.807, 2.05) is 54.6 Å². The van der Waals surface area contributed by atoms with Crippen LogP contribution in [0, 0.1) is 10.8 Å². The molecule has 112 valence electrons. The smallest absolute Gasteiger partial charge is 0.875 e. The Bertz CT molecular complexity index is 527. The molecule has 0 saturated heterocycles. The summed E-state index contributed by atoms with van der Waals surface area (Å²) < 4.78 is 0. The van der Waals surface area contributed by atoms with Crippen molar-refractivity contribution >= 4 is 0 Å². The minimum atomic E-state index is -0.276. The van der Waals surface area contributed by atoms with Crippen LogP contribution in [0.3, 0.4) is 0 Å². The predicted octanol–water partition coefficient (Wildman–Crippen LogP) is 4.12. The van der Waals surface area contributed by atoms with Crippen molar-refractivity contribution in [3.05, 3.63) is 78.1 Å². The summed E-state index contributed by atoms with van der Waals surface area (Å²) in [6, 6.07) is 10.0. The van der Waals surface area contributed by atoms with Gasteiger partial charge in [0.25, 0.3) is 0 Å². The molecule has 0 radical (unpaired) electrons. The second-order valence-electron chi connectivity index (χ2n) is 6.13. The van der Waals surface area contributed by atoms with Gasteiger partial charge in [-0.15, -0.1) is 5.76 Å². The zero-order chi connectivity index (χ0) is 14.6. The van der Waals surface area contributed by atoms with Crippen molar-refractivity contribution in [2.75, 3.05) is 0 Å². The molecule has 0 spiro atoms. The molecule has 1 aromatic rings. The maximum Gasteiger partial charge on any atom is 2.00 e. The van der Waals surface area contributed by atoms with Crippen molar-refractivity contribution in [3.63, 3.8) is 0 Å². The Morgan fingerprint density at radius 3 is 2.05 bits per heavy atom. The molecule has 1 atom stereocenters. The molecule has 1 unspecified atom stereocenters. The van der Waals surface area contributed by atoms with Crippen LogP contribution in [0.1, 0.15) is 27.2 Å². The molecule has 1 aromatic carbocycles. The van der Waals surface area contributed by atoms with E-state index in [-0.39, 0.29) is 33.7 Å². The van der Waals surface area contributed by atoms with E-state index in [2.05, 4.69) is 32.9 Å². The molecule has 0 saturated carbocycles. The summed E-state index contributed by atoms with van der Waals surface area (Å²) in [5.74, 6) is 0.266. The van der Waals surface area contributed by atoms with E-state index in [0.717, 1.165) is 12.0 Å². The van der Waals surface area contributed by atoms with Gasteiger partial charge in [0.05, 0.1) is 0 Å². The van der Waals surface area contributed by atoms with Gasteiger partial charge < -0.3 is 5.11 Å². The van der Waals surface area contributed by atoms with E-state index in [9.17, 15) is 5.11 Å². The van der Waals surface area contributed by atoms with Crippen molar-refractivity contribution in [2.24, 2.45) is 10.8 Å². The Kier molecular flexibility index (Phi) is 5.95. The summed E-state index contributed by atoms with van der Waals surface area (Å²) in [5.41, 5.74) is 0.525. The zero-order valence-corrected chi connectivity index (χ0v) is 13.9. The van der Waals surface area contributed by atoms with Gasteiger partial charge in [0.2, 0.25) is 0 Å². The number of allylic oxidation sites excluding steroid dienone is 8. The summed E-state index contributed by atoms with van der Waals surface area (Å²) in [6.07, 6.45) is 12.8. The van der Waals surface area contributed by atoms with Gasteiger partial charge in [0, 0.05) is 0 Å². The van der Waals surface area contributed by atoms with E-state index in [1.165, 1.54) is 0 Å². The molecular weight excluding hydrogens is 300 g/mol. The topological polar surface area (TPSA) is 23.1 Å². The van der Waals surface area contributed by atoms with Crippen LogP contribution in [0.4, 0.5) is 0 Å². The van der Waals surface area contributed by atoms with Crippen LogP contribution in [0.5, 0.6) is 0 Å². The van der Waals surface area contributed by atoms with Gasteiger partial charge in [-0.25, -0.2) is 12.1 Å².